The van der Waals surface area contributed by atoms with Crippen LogP contribution in [0, 0.1) is 6.92 Å². The highest BCUT2D eigenvalue weighted by Crippen LogP contribution is 2.20. The molecule has 3 amide bonds. The van der Waals surface area contributed by atoms with Crippen LogP contribution in [0.3, 0.4) is 0 Å². The van der Waals surface area contributed by atoms with Gasteiger partial charge in [0.25, 0.3) is 5.91 Å². The van der Waals surface area contributed by atoms with Crippen molar-refractivity contribution >= 4 is 63.4 Å². The molecule has 0 fully saturated rings. The second-order valence-electron chi connectivity index (χ2n) is 9.40. The van der Waals surface area contributed by atoms with E-state index in [1.807, 2.05) is 28.7 Å². The van der Waals surface area contributed by atoms with Gasteiger partial charge >= 0.3 is 5.97 Å². The van der Waals surface area contributed by atoms with Crippen LogP contribution in [-0.2, 0) is 39.8 Å². The number of nitrogens with two attached hydrogens (primary N) is 1. The number of benzene rings is 1. The third kappa shape index (κ3) is 10.4. The van der Waals surface area contributed by atoms with Gasteiger partial charge in [-0.1, -0.05) is 52.9 Å². The average molecular weight is 718 g/mol. The average Bonchev–Trinajstić information content (AvgIpc) is 3.42. The molecule has 42 heavy (non-hydrogen) atoms. The van der Waals surface area contributed by atoms with E-state index in [0.29, 0.717) is 9.88 Å². The number of thiazole rings is 1. The van der Waals surface area contributed by atoms with Gasteiger partial charge < -0.3 is 35.9 Å². The summed E-state index contributed by atoms with van der Waals surface area (Å²) < 4.78 is 15.8. The number of carbonyl (C=O) groups excluding carboxylic acids is 5. The van der Waals surface area contributed by atoms with Crippen molar-refractivity contribution in [1.29, 1.82) is 0 Å². The number of alkyl halides is 1. The summed E-state index contributed by atoms with van der Waals surface area (Å²) in [7, 11) is 2.71. The molecule has 230 valence electrons. The fraction of sp³-hybridized carbons (Fsp3) is 0.481. The second kappa shape index (κ2) is 17.2. The molecule has 15 heteroatoms. The van der Waals surface area contributed by atoms with Crippen LogP contribution in [0.15, 0.2) is 36.5 Å². The number of ketones is 1. The summed E-state index contributed by atoms with van der Waals surface area (Å²) in [6, 6.07) is 5.45. The third-order valence-electron chi connectivity index (χ3n) is 5.96. The molecule has 1 aromatic heterocycles. The monoisotopic (exact) mass is 717 g/mol. The molecular formula is C27H36IN5O8S. The SMILES string of the molecule is COC[C@H](NC(=O)c1cnc(C)s1)C(=O)N[C@@H](COC)C(=O)N[C@@H](Cc1ccccc1)C(=O)C(C)(CI)OC(=O)CN. The number of nitrogens with zero attached hydrogens (tertiary/aromatic N) is 1. The molecule has 13 nitrogen and oxygen atoms in total. The molecule has 0 bridgehead atoms. The Labute approximate surface area is 261 Å². The number of Topliss-reactive ketones (excluding diaryl/α,β-unsaturated/α-hetero) is 1. The van der Waals surface area contributed by atoms with Gasteiger partial charge in [-0.15, -0.1) is 11.3 Å². The lowest BCUT2D eigenvalue weighted by Gasteiger charge is -2.31. The summed E-state index contributed by atoms with van der Waals surface area (Å²) in [5.74, 6) is -3.27. The maximum atomic E-state index is 13.7. The van der Waals surface area contributed by atoms with Crippen molar-refractivity contribution < 1.29 is 38.2 Å². The Morgan fingerprint density at radius 2 is 1.55 bits per heavy atom. The Morgan fingerprint density at radius 3 is 2.05 bits per heavy atom. The van der Waals surface area contributed by atoms with Crippen LogP contribution in [0.4, 0.5) is 0 Å². The molecule has 0 saturated carbocycles. The van der Waals surface area contributed by atoms with Gasteiger partial charge in [0, 0.05) is 18.6 Å². The topological polar surface area (TPSA) is 188 Å². The number of halogens is 1. The molecule has 4 atom stereocenters. The van der Waals surface area contributed by atoms with Crippen molar-refractivity contribution in [2.75, 3.05) is 38.4 Å². The number of aromatic nitrogens is 1. The van der Waals surface area contributed by atoms with Gasteiger partial charge in [0.1, 0.15) is 17.0 Å². The summed E-state index contributed by atoms with van der Waals surface area (Å²) in [5.41, 5.74) is 4.56. The number of esters is 1. The molecule has 0 radical (unpaired) electrons. The molecule has 0 saturated heterocycles. The minimum atomic E-state index is -1.58. The van der Waals surface area contributed by atoms with Gasteiger partial charge in [0.2, 0.25) is 11.8 Å². The minimum Gasteiger partial charge on any atom is -0.449 e. The van der Waals surface area contributed by atoms with Gasteiger partial charge in [-0.3, -0.25) is 24.0 Å². The van der Waals surface area contributed by atoms with Crippen LogP contribution in [-0.4, -0.2) is 96.6 Å². The van der Waals surface area contributed by atoms with E-state index in [9.17, 15) is 24.0 Å². The first kappa shape index (κ1) is 35.2. The van der Waals surface area contributed by atoms with E-state index in [4.69, 9.17) is 19.9 Å². The summed E-state index contributed by atoms with van der Waals surface area (Å²) in [6.45, 7) is 2.37. The van der Waals surface area contributed by atoms with Crippen molar-refractivity contribution in [3.8, 4) is 0 Å². The predicted molar refractivity (Wildman–Crippen MR) is 163 cm³/mol. The van der Waals surface area contributed by atoms with Crippen LogP contribution in [0.25, 0.3) is 0 Å². The first-order valence-corrected chi connectivity index (χ1v) is 15.2. The van der Waals surface area contributed by atoms with Crippen LogP contribution >= 0.6 is 33.9 Å². The standard InChI is InChI=1S/C27H36IN5O8S/c1-16-30-12-21(42-16)26(38)33-20(14-40-4)25(37)32-19(13-39-3)24(36)31-18(10-17-8-6-5-7-9-17)23(35)27(2,15-28)41-22(34)11-29/h5-9,12,18-20H,10-11,13-15,29H2,1-4H3,(H,31,36)(H,32,37)(H,33,38)/t18-,19-,20-,27?/m0/s1. The molecule has 0 spiro atoms. The van der Waals surface area contributed by atoms with Gasteiger partial charge in [-0.05, 0) is 25.8 Å². The highest BCUT2D eigenvalue weighted by Gasteiger charge is 2.42. The first-order chi connectivity index (χ1) is 20.0. The lowest BCUT2D eigenvalue weighted by molar-refractivity contribution is -0.162. The van der Waals surface area contributed by atoms with E-state index in [-0.39, 0.29) is 24.1 Å². The Morgan fingerprint density at radius 1 is 0.976 bits per heavy atom. The number of ether oxygens (including phenoxy) is 3. The zero-order valence-electron chi connectivity index (χ0n) is 23.8. The fourth-order valence-electron chi connectivity index (χ4n) is 3.80. The molecule has 2 rings (SSSR count). The number of amides is 3. The van der Waals surface area contributed by atoms with E-state index in [1.165, 1.54) is 27.3 Å². The predicted octanol–water partition coefficient (Wildman–Crippen LogP) is 0.320. The number of aryl methyl sites for hydroxylation is 1. The lowest BCUT2D eigenvalue weighted by atomic mass is 9.92. The van der Waals surface area contributed by atoms with E-state index in [1.54, 1.807) is 31.2 Å². The molecular weight excluding hydrogens is 681 g/mol. The van der Waals surface area contributed by atoms with E-state index < -0.39 is 59.7 Å². The van der Waals surface area contributed by atoms with Crippen LogP contribution in [0.5, 0.6) is 0 Å². The van der Waals surface area contributed by atoms with Crippen LogP contribution < -0.4 is 21.7 Å². The second-order valence-corrected chi connectivity index (χ2v) is 11.4. The van der Waals surface area contributed by atoms with Gasteiger partial charge in [0.05, 0.1) is 37.0 Å². The number of hydrogen-bond acceptors (Lipinski definition) is 11. The quantitative estimate of drug-likeness (QED) is 0.101. The first-order valence-electron chi connectivity index (χ1n) is 12.9. The largest absolute Gasteiger partial charge is 0.449 e. The minimum absolute atomic E-state index is 0.0854. The van der Waals surface area contributed by atoms with Crippen molar-refractivity contribution in [3.63, 3.8) is 0 Å². The van der Waals surface area contributed by atoms with Gasteiger partial charge in [0.15, 0.2) is 11.4 Å². The highest BCUT2D eigenvalue weighted by atomic mass is 127. The normalized spacial score (nSPS) is 14.5. The van der Waals surface area contributed by atoms with Crippen LogP contribution in [0.2, 0.25) is 0 Å². The summed E-state index contributed by atoms with van der Waals surface area (Å²) >= 11 is 3.09. The van der Waals surface area contributed by atoms with Crippen LogP contribution in [0.1, 0.15) is 27.2 Å². The molecule has 1 heterocycles. The van der Waals surface area contributed by atoms with Crippen molar-refractivity contribution in [2.24, 2.45) is 5.73 Å². The van der Waals surface area contributed by atoms with Gasteiger partial charge in [-0.25, -0.2) is 4.98 Å². The van der Waals surface area contributed by atoms with Gasteiger partial charge in [-0.2, -0.15) is 0 Å². The molecule has 0 aliphatic carbocycles. The smallest absolute Gasteiger partial charge is 0.320 e. The van der Waals surface area contributed by atoms with E-state index >= 15 is 0 Å². The van der Waals surface area contributed by atoms with E-state index in [0.717, 1.165) is 16.9 Å². The molecule has 0 aliphatic rings. The Balaban J connectivity index is 2.27. The fourth-order valence-corrected chi connectivity index (χ4v) is 5.02. The Kier molecular flexibility index (Phi) is 14.4. The van der Waals surface area contributed by atoms with Crippen molar-refractivity contribution in [2.45, 2.75) is 44.0 Å². The molecule has 1 aromatic carbocycles. The number of hydrogen-bond donors (Lipinski definition) is 4. The maximum Gasteiger partial charge on any atom is 0.320 e. The number of methoxy groups -OCH3 is 2. The number of carbonyl (C=O) groups is 5. The number of nitrogens with one attached hydrogen (secondary N) is 3. The Bertz CT molecular complexity index is 1230. The molecule has 0 aliphatic heterocycles. The molecule has 1 unspecified atom stereocenters. The third-order valence-corrected chi connectivity index (χ3v) is 8.33. The van der Waals surface area contributed by atoms with Crippen molar-refractivity contribution in [1.82, 2.24) is 20.9 Å². The zero-order valence-corrected chi connectivity index (χ0v) is 26.8. The zero-order chi connectivity index (χ0) is 31.3. The Hall–Kier alpha value is -2.99. The van der Waals surface area contributed by atoms with Crippen molar-refractivity contribution in [3.05, 3.63) is 52.0 Å². The summed E-state index contributed by atoms with van der Waals surface area (Å²) in [4.78, 5) is 69.4. The molecule has 5 N–H and O–H groups in total. The summed E-state index contributed by atoms with van der Waals surface area (Å²) in [5, 5.41) is 8.53. The maximum absolute atomic E-state index is 13.7. The highest BCUT2D eigenvalue weighted by molar-refractivity contribution is 14.1. The summed E-state index contributed by atoms with van der Waals surface area (Å²) in [6.07, 6.45) is 1.48. The number of rotatable bonds is 17. The molecule has 2 aromatic rings. The lowest BCUT2D eigenvalue weighted by Crippen LogP contribution is -2.60. The van der Waals surface area contributed by atoms with E-state index in [2.05, 4.69) is 20.9 Å².